The Kier molecular flexibility index (Phi) is 9.46. The molecular formula is C12H20N2O9. The fraction of sp³-hybridized carbons (Fsp3) is 0.667. The fourth-order valence-electron chi connectivity index (χ4n) is 1.88. The van der Waals surface area contributed by atoms with Gasteiger partial charge in [-0.05, 0) is 0 Å². The van der Waals surface area contributed by atoms with Gasteiger partial charge in [0.05, 0.1) is 26.2 Å². The van der Waals surface area contributed by atoms with Gasteiger partial charge in [0.1, 0.15) is 6.04 Å². The molecule has 0 aliphatic carbocycles. The third-order valence-electron chi connectivity index (χ3n) is 2.81. The smallest absolute Gasteiger partial charge is 0.323 e. The topological polar surface area (TPSA) is 165 Å². The number of carboxylic acid groups (broad SMARTS) is 4. The van der Waals surface area contributed by atoms with E-state index in [0.29, 0.717) is 0 Å². The average Bonchev–Trinajstić information content (AvgIpc) is 2.38. The summed E-state index contributed by atoms with van der Waals surface area (Å²) >= 11 is 0. The van der Waals surface area contributed by atoms with E-state index in [9.17, 15) is 19.2 Å². The Labute approximate surface area is 131 Å². The summed E-state index contributed by atoms with van der Waals surface area (Å²) in [5.74, 6) is -5.06. The lowest BCUT2D eigenvalue weighted by molar-refractivity contribution is -0.150. The van der Waals surface area contributed by atoms with Crippen molar-refractivity contribution in [1.29, 1.82) is 0 Å². The minimum absolute atomic E-state index is 0.126. The third-order valence-corrected chi connectivity index (χ3v) is 2.81. The summed E-state index contributed by atoms with van der Waals surface area (Å²) in [4.78, 5) is 45.6. The fourth-order valence-corrected chi connectivity index (χ4v) is 1.88. The molecule has 0 rings (SSSR count). The molecule has 0 bridgehead atoms. The molecule has 0 saturated heterocycles. The maximum atomic E-state index is 11.2. The lowest BCUT2D eigenvalue weighted by Crippen LogP contribution is -2.50. The molecule has 0 aliphatic heterocycles. The lowest BCUT2D eigenvalue weighted by atomic mass is 10.2. The lowest BCUT2D eigenvalue weighted by Gasteiger charge is -2.29. The Bertz CT molecular complexity index is 424. The van der Waals surface area contributed by atoms with Gasteiger partial charge in [-0.3, -0.25) is 29.0 Å². The van der Waals surface area contributed by atoms with E-state index in [1.165, 1.54) is 7.11 Å². The molecule has 0 radical (unpaired) electrons. The molecular weight excluding hydrogens is 316 g/mol. The van der Waals surface area contributed by atoms with Crippen LogP contribution in [0.2, 0.25) is 0 Å². The van der Waals surface area contributed by atoms with E-state index in [2.05, 4.69) is 0 Å². The van der Waals surface area contributed by atoms with Crippen molar-refractivity contribution in [2.24, 2.45) is 0 Å². The Hall–Kier alpha value is -2.24. The molecule has 11 heteroatoms. The minimum atomic E-state index is -1.30. The standard InChI is InChI=1S/C12H20N2O9/c1-23-7-8(12(21)22)14(6-11(19)20)3-2-13(4-9(15)16)5-10(17)18/h8H,2-7H2,1H3,(H,15,16)(H,17,18)(H,19,20)(H,21,22). The third kappa shape index (κ3) is 9.39. The number of methoxy groups -OCH3 is 1. The molecule has 0 aromatic heterocycles. The summed E-state index contributed by atoms with van der Waals surface area (Å²) < 4.78 is 4.75. The highest BCUT2D eigenvalue weighted by molar-refractivity contribution is 5.76. The SMILES string of the molecule is COCC(C(=O)O)N(CCN(CC(=O)O)CC(=O)O)CC(=O)O. The second-order valence-corrected chi connectivity index (χ2v) is 4.67. The summed E-state index contributed by atoms with van der Waals surface area (Å²) in [7, 11) is 1.26. The highest BCUT2D eigenvalue weighted by Crippen LogP contribution is 2.03. The zero-order chi connectivity index (χ0) is 18.0. The quantitative estimate of drug-likeness (QED) is 0.292. The first kappa shape index (κ1) is 20.8. The zero-order valence-corrected chi connectivity index (χ0v) is 12.5. The molecule has 23 heavy (non-hydrogen) atoms. The van der Waals surface area contributed by atoms with E-state index in [1.54, 1.807) is 0 Å². The maximum absolute atomic E-state index is 11.2. The number of hydrogen-bond donors (Lipinski definition) is 4. The molecule has 1 atom stereocenters. The minimum Gasteiger partial charge on any atom is -0.480 e. The Morgan fingerprint density at radius 1 is 0.870 bits per heavy atom. The predicted octanol–water partition coefficient (Wildman–Crippen LogP) is -2.06. The van der Waals surface area contributed by atoms with E-state index in [0.717, 1.165) is 9.80 Å². The molecule has 0 aliphatic rings. The van der Waals surface area contributed by atoms with Gasteiger partial charge in [-0.15, -0.1) is 0 Å². The van der Waals surface area contributed by atoms with Crippen molar-refractivity contribution in [3.8, 4) is 0 Å². The molecule has 0 fully saturated rings. The number of carboxylic acids is 4. The van der Waals surface area contributed by atoms with Crippen molar-refractivity contribution < 1.29 is 44.3 Å². The molecule has 0 spiro atoms. The van der Waals surface area contributed by atoms with Gasteiger partial charge in [0.15, 0.2) is 0 Å². The first-order valence-corrected chi connectivity index (χ1v) is 6.50. The Balaban J connectivity index is 4.96. The monoisotopic (exact) mass is 336 g/mol. The highest BCUT2D eigenvalue weighted by Gasteiger charge is 2.28. The van der Waals surface area contributed by atoms with E-state index in [-0.39, 0.29) is 19.7 Å². The van der Waals surface area contributed by atoms with E-state index in [4.69, 9.17) is 25.2 Å². The molecule has 0 aromatic rings. The number of ether oxygens (including phenoxy) is 1. The Morgan fingerprint density at radius 2 is 1.35 bits per heavy atom. The number of rotatable bonds is 13. The average molecular weight is 336 g/mol. The molecule has 0 aromatic carbocycles. The van der Waals surface area contributed by atoms with E-state index < -0.39 is 49.6 Å². The predicted molar refractivity (Wildman–Crippen MR) is 74.2 cm³/mol. The molecule has 0 amide bonds. The van der Waals surface area contributed by atoms with Crippen LogP contribution in [0.25, 0.3) is 0 Å². The van der Waals surface area contributed by atoms with Crippen molar-refractivity contribution in [3.05, 3.63) is 0 Å². The summed E-state index contributed by atoms with van der Waals surface area (Å²) in [6.07, 6.45) is 0. The summed E-state index contributed by atoms with van der Waals surface area (Å²) in [6, 6.07) is -1.24. The van der Waals surface area contributed by atoms with Crippen LogP contribution < -0.4 is 0 Å². The van der Waals surface area contributed by atoms with Crippen molar-refractivity contribution in [1.82, 2.24) is 9.80 Å². The van der Waals surface area contributed by atoms with Crippen LogP contribution in [0.5, 0.6) is 0 Å². The van der Waals surface area contributed by atoms with Gasteiger partial charge in [-0.2, -0.15) is 0 Å². The normalized spacial score (nSPS) is 12.3. The number of hydrogen-bond acceptors (Lipinski definition) is 7. The number of nitrogens with zero attached hydrogens (tertiary/aromatic N) is 2. The van der Waals surface area contributed by atoms with Crippen LogP contribution in [-0.2, 0) is 23.9 Å². The number of aliphatic carboxylic acids is 4. The molecule has 1 unspecified atom stereocenters. The van der Waals surface area contributed by atoms with Crippen molar-refractivity contribution >= 4 is 23.9 Å². The van der Waals surface area contributed by atoms with Crippen molar-refractivity contribution in [2.45, 2.75) is 6.04 Å². The first-order chi connectivity index (χ1) is 10.7. The summed E-state index contributed by atoms with van der Waals surface area (Å²) in [5.41, 5.74) is 0. The second kappa shape index (κ2) is 10.5. The van der Waals surface area contributed by atoms with Crippen LogP contribution in [0.1, 0.15) is 0 Å². The summed E-state index contributed by atoms with van der Waals surface area (Å²) in [5, 5.41) is 35.5. The first-order valence-electron chi connectivity index (χ1n) is 6.50. The van der Waals surface area contributed by atoms with Gasteiger partial charge in [-0.25, -0.2) is 0 Å². The van der Waals surface area contributed by atoms with Crippen LogP contribution in [0.4, 0.5) is 0 Å². The zero-order valence-electron chi connectivity index (χ0n) is 12.5. The second-order valence-electron chi connectivity index (χ2n) is 4.67. The van der Waals surface area contributed by atoms with Gasteiger partial charge >= 0.3 is 23.9 Å². The van der Waals surface area contributed by atoms with Crippen LogP contribution >= 0.6 is 0 Å². The molecule has 132 valence electrons. The van der Waals surface area contributed by atoms with Crippen LogP contribution in [-0.4, -0.2) is 107 Å². The number of carbonyl (C=O) groups is 4. The Morgan fingerprint density at radius 3 is 1.70 bits per heavy atom. The van der Waals surface area contributed by atoms with E-state index in [1.807, 2.05) is 0 Å². The van der Waals surface area contributed by atoms with Gasteiger partial charge < -0.3 is 25.2 Å². The van der Waals surface area contributed by atoms with Crippen LogP contribution in [0, 0.1) is 0 Å². The van der Waals surface area contributed by atoms with Crippen molar-refractivity contribution in [3.63, 3.8) is 0 Å². The molecule has 0 heterocycles. The van der Waals surface area contributed by atoms with Crippen LogP contribution in [0.3, 0.4) is 0 Å². The van der Waals surface area contributed by atoms with Gasteiger partial charge in [0, 0.05) is 20.2 Å². The maximum Gasteiger partial charge on any atom is 0.323 e. The van der Waals surface area contributed by atoms with Gasteiger partial charge in [0.2, 0.25) is 0 Å². The largest absolute Gasteiger partial charge is 0.480 e. The molecule has 11 nitrogen and oxygen atoms in total. The van der Waals surface area contributed by atoms with Crippen molar-refractivity contribution in [2.75, 3.05) is 46.4 Å². The summed E-state index contributed by atoms with van der Waals surface area (Å²) in [6.45, 7) is -2.26. The van der Waals surface area contributed by atoms with Gasteiger partial charge in [-0.1, -0.05) is 0 Å². The van der Waals surface area contributed by atoms with Gasteiger partial charge in [0.25, 0.3) is 0 Å². The molecule has 4 N–H and O–H groups in total. The van der Waals surface area contributed by atoms with Crippen LogP contribution in [0.15, 0.2) is 0 Å². The molecule has 0 saturated carbocycles. The van der Waals surface area contributed by atoms with E-state index >= 15 is 0 Å². The highest BCUT2D eigenvalue weighted by atomic mass is 16.5.